The molecular weight excluding hydrogens is 438 g/mol. The van der Waals surface area contributed by atoms with Crippen molar-refractivity contribution in [3.8, 4) is 0 Å². The number of benzene rings is 1. The van der Waals surface area contributed by atoms with E-state index in [2.05, 4.69) is 20.5 Å². The van der Waals surface area contributed by atoms with E-state index in [0.29, 0.717) is 32.0 Å². The maximum atomic E-state index is 12.2. The van der Waals surface area contributed by atoms with Crippen LogP contribution in [-0.4, -0.2) is 66.3 Å². The van der Waals surface area contributed by atoms with Crippen molar-refractivity contribution in [2.45, 2.75) is 33.0 Å². The van der Waals surface area contributed by atoms with E-state index in [-0.39, 0.29) is 19.2 Å². The fourth-order valence-electron chi connectivity index (χ4n) is 3.23. The Morgan fingerprint density at radius 1 is 1.00 bits per heavy atom. The van der Waals surface area contributed by atoms with Gasteiger partial charge >= 0.3 is 12.2 Å². The van der Waals surface area contributed by atoms with Crippen LogP contribution in [0.1, 0.15) is 26.3 Å². The second-order valence-electron chi connectivity index (χ2n) is 8.82. The zero-order valence-electron chi connectivity index (χ0n) is 19.7. The van der Waals surface area contributed by atoms with Gasteiger partial charge in [-0.25, -0.2) is 14.6 Å². The summed E-state index contributed by atoms with van der Waals surface area (Å²) in [6.45, 7) is 7.86. The Labute approximate surface area is 199 Å². The SMILES string of the molecule is CC(C)(C)OC(=O)N1CCN(c2ccc(NC(=O)CNC(=O)OCc3ccccc3)nc2)CC1. The number of amides is 3. The molecule has 2 aromatic rings. The summed E-state index contributed by atoms with van der Waals surface area (Å²) in [6, 6.07) is 12.8. The molecule has 0 unspecified atom stereocenters. The van der Waals surface area contributed by atoms with Crippen LogP contribution in [0.4, 0.5) is 21.1 Å². The lowest BCUT2D eigenvalue weighted by atomic mass is 10.2. The lowest BCUT2D eigenvalue weighted by Crippen LogP contribution is -2.50. The molecule has 2 heterocycles. The monoisotopic (exact) mass is 469 g/mol. The van der Waals surface area contributed by atoms with Crippen molar-refractivity contribution >= 4 is 29.6 Å². The number of alkyl carbamates (subject to hydrolysis) is 1. The Morgan fingerprint density at radius 2 is 1.71 bits per heavy atom. The Morgan fingerprint density at radius 3 is 2.32 bits per heavy atom. The van der Waals surface area contributed by atoms with Gasteiger partial charge in [-0.15, -0.1) is 0 Å². The molecule has 0 aliphatic carbocycles. The summed E-state index contributed by atoms with van der Waals surface area (Å²) in [7, 11) is 0. The van der Waals surface area contributed by atoms with Crippen LogP contribution in [0.3, 0.4) is 0 Å². The van der Waals surface area contributed by atoms with Crippen LogP contribution in [0.25, 0.3) is 0 Å². The van der Waals surface area contributed by atoms with Gasteiger partial charge in [0.05, 0.1) is 11.9 Å². The van der Waals surface area contributed by atoms with E-state index in [1.54, 1.807) is 17.2 Å². The highest BCUT2D eigenvalue weighted by atomic mass is 16.6. The maximum Gasteiger partial charge on any atom is 0.410 e. The van der Waals surface area contributed by atoms with Crippen molar-refractivity contribution in [3.63, 3.8) is 0 Å². The van der Waals surface area contributed by atoms with Gasteiger partial charge in [-0.2, -0.15) is 0 Å². The molecule has 10 heteroatoms. The third-order valence-electron chi connectivity index (χ3n) is 4.92. The number of hydrogen-bond acceptors (Lipinski definition) is 7. The summed E-state index contributed by atoms with van der Waals surface area (Å²) in [4.78, 5) is 44.1. The van der Waals surface area contributed by atoms with E-state index < -0.39 is 17.6 Å². The molecule has 0 radical (unpaired) electrons. The fourth-order valence-corrected chi connectivity index (χ4v) is 3.23. The van der Waals surface area contributed by atoms with Gasteiger partial charge in [0.25, 0.3) is 0 Å². The first-order valence-electron chi connectivity index (χ1n) is 11.1. The first kappa shape index (κ1) is 24.8. The number of piperazine rings is 1. The highest BCUT2D eigenvalue weighted by molar-refractivity contribution is 5.93. The van der Waals surface area contributed by atoms with Gasteiger partial charge in [0, 0.05) is 26.2 Å². The summed E-state index contributed by atoms with van der Waals surface area (Å²) >= 11 is 0. The molecule has 3 rings (SSSR count). The number of pyridine rings is 1. The molecule has 1 aromatic heterocycles. The van der Waals surface area contributed by atoms with E-state index >= 15 is 0 Å². The second-order valence-corrected chi connectivity index (χ2v) is 8.82. The minimum Gasteiger partial charge on any atom is -0.445 e. The van der Waals surface area contributed by atoms with Crippen LogP contribution in [0, 0.1) is 0 Å². The minimum absolute atomic E-state index is 0.128. The first-order chi connectivity index (χ1) is 16.2. The highest BCUT2D eigenvalue weighted by Gasteiger charge is 2.26. The molecule has 2 N–H and O–H groups in total. The third kappa shape index (κ3) is 7.95. The summed E-state index contributed by atoms with van der Waals surface area (Å²) in [5.41, 5.74) is 1.23. The van der Waals surface area contributed by atoms with E-state index in [9.17, 15) is 14.4 Å². The molecule has 1 aliphatic rings. The quantitative estimate of drug-likeness (QED) is 0.669. The molecule has 3 amide bonds. The molecule has 0 bridgehead atoms. The lowest BCUT2D eigenvalue weighted by molar-refractivity contribution is -0.115. The fraction of sp³-hybridized carbons (Fsp3) is 0.417. The normalized spacial score (nSPS) is 13.7. The smallest absolute Gasteiger partial charge is 0.410 e. The molecule has 1 aliphatic heterocycles. The van der Waals surface area contributed by atoms with Crippen LogP contribution in [0.5, 0.6) is 0 Å². The number of carbonyl (C=O) groups is 3. The molecule has 182 valence electrons. The largest absolute Gasteiger partial charge is 0.445 e. The average Bonchev–Trinajstić information content (AvgIpc) is 2.81. The Balaban J connectivity index is 1.38. The first-order valence-corrected chi connectivity index (χ1v) is 11.1. The van der Waals surface area contributed by atoms with Gasteiger partial charge in [0.2, 0.25) is 5.91 Å². The zero-order valence-corrected chi connectivity index (χ0v) is 19.7. The molecule has 10 nitrogen and oxygen atoms in total. The number of carbonyl (C=O) groups excluding carboxylic acids is 3. The van der Waals surface area contributed by atoms with Crippen LogP contribution in [0.15, 0.2) is 48.7 Å². The number of rotatable bonds is 6. The standard InChI is InChI=1S/C24H31N5O5/c1-24(2,3)34-23(32)29-13-11-28(12-14-29)19-9-10-20(25-15-19)27-21(30)16-26-22(31)33-17-18-7-5-4-6-8-18/h4-10,15H,11-14,16-17H2,1-3H3,(H,26,31)(H,25,27,30). The number of hydrogen-bond donors (Lipinski definition) is 2. The van der Waals surface area contributed by atoms with Gasteiger partial charge < -0.3 is 29.9 Å². The van der Waals surface area contributed by atoms with E-state index in [1.807, 2.05) is 57.2 Å². The van der Waals surface area contributed by atoms with Crippen molar-refractivity contribution in [3.05, 3.63) is 54.2 Å². The van der Waals surface area contributed by atoms with Crippen LogP contribution >= 0.6 is 0 Å². The van der Waals surface area contributed by atoms with Crippen LogP contribution in [0.2, 0.25) is 0 Å². The summed E-state index contributed by atoms with van der Waals surface area (Å²) in [5, 5.41) is 5.05. The molecule has 1 aromatic carbocycles. The van der Waals surface area contributed by atoms with Crippen molar-refractivity contribution < 1.29 is 23.9 Å². The average molecular weight is 470 g/mol. The molecule has 0 spiro atoms. The van der Waals surface area contributed by atoms with E-state index in [1.165, 1.54) is 0 Å². The maximum absolute atomic E-state index is 12.2. The molecular formula is C24H31N5O5. The number of nitrogens with zero attached hydrogens (tertiary/aromatic N) is 3. The van der Waals surface area contributed by atoms with Crippen molar-refractivity contribution in [2.24, 2.45) is 0 Å². The Kier molecular flexibility index (Phi) is 8.29. The summed E-state index contributed by atoms with van der Waals surface area (Å²) in [5.74, 6) is -0.0384. The van der Waals surface area contributed by atoms with Crippen molar-refractivity contribution in [2.75, 3.05) is 42.9 Å². The van der Waals surface area contributed by atoms with Gasteiger partial charge in [0.15, 0.2) is 0 Å². The van der Waals surface area contributed by atoms with Crippen LogP contribution < -0.4 is 15.5 Å². The third-order valence-corrected chi connectivity index (χ3v) is 4.92. The Bertz CT molecular complexity index is 967. The van der Waals surface area contributed by atoms with Gasteiger partial charge in [0.1, 0.15) is 24.6 Å². The number of ether oxygens (including phenoxy) is 2. The lowest BCUT2D eigenvalue weighted by Gasteiger charge is -2.36. The highest BCUT2D eigenvalue weighted by Crippen LogP contribution is 2.18. The van der Waals surface area contributed by atoms with E-state index in [4.69, 9.17) is 9.47 Å². The van der Waals surface area contributed by atoms with E-state index in [0.717, 1.165) is 11.3 Å². The summed E-state index contributed by atoms with van der Waals surface area (Å²) < 4.78 is 10.5. The topological polar surface area (TPSA) is 113 Å². The number of anilines is 2. The Hall–Kier alpha value is -3.82. The molecule has 34 heavy (non-hydrogen) atoms. The molecule has 0 saturated carbocycles. The minimum atomic E-state index is -0.673. The number of nitrogens with one attached hydrogen (secondary N) is 2. The van der Waals surface area contributed by atoms with Gasteiger partial charge in [-0.3, -0.25) is 4.79 Å². The number of aromatic nitrogens is 1. The summed E-state index contributed by atoms with van der Waals surface area (Å²) in [6.07, 6.45) is 0.689. The predicted octanol–water partition coefficient (Wildman–Crippen LogP) is 3.00. The van der Waals surface area contributed by atoms with Crippen molar-refractivity contribution in [1.82, 2.24) is 15.2 Å². The second kappa shape index (κ2) is 11.4. The molecule has 1 fully saturated rings. The zero-order chi connectivity index (χ0) is 24.6. The van der Waals surface area contributed by atoms with Gasteiger partial charge in [-0.05, 0) is 38.5 Å². The predicted molar refractivity (Wildman–Crippen MR) is 128 cm³/mol. The molecule has 1 saturated heterocycles. The van der Waals surface area contributed by atoms with Crippen molar-refractivity contribution in [1.29, 1.82) is 0 Å². The molecule has 0 atom stereocenters. The van der Waals surface area contributed by atoms with Gasteiger partial charge in [-0.1, -0.05) is 30.3 Å². The van der Waals surface area contributed by atoms with Crippen LogP contribution in [-0.2, 0) is 20.9 Å².